The summed E-state index contributed by atoms with van der Waals surface area (Å²) in [4.78, 5) is 10.5. The second kappa shape index (κ2) is 6.39. The van der Waals surface area contributed by atoms with Crippen molar-refractivity contribution < 1.29 is 9.66 Å². The smallest absolute Gasteiger partial charge is 0.293 e. The molecule has 106 valence electrons. The van der Waals surface area contributed by atoms with Crippen molar-refractivity contribution >= 4 is 11.4 Å². The van der Waals surface area contributed by atoms with Crippen molar-refractivity contribution in [2.45, 2.75) is 6.54 Å². The molecule has 2 aromatic rings. The standard InChI is InChI=1S/C15H13N3O3/c1-21-13-4-2-3-12(7-13)10-17-14-6-5-11(9-16)8-15(14)18(19)20/h2-8,17H,10H2,1H3. The van der Waals surface area contributed by atoms with Crippen molar-refractivity contribution in [2.24, 2.45) is 0 Å². The molecular weight excluding hydrogens is 270 g/mol. The molecule has 6 heteroatoms. The van der Waals surface area contributed by atoms with Gasteiger partial charge < -0.3 is 10.1 Å². The van der Waals surface area contributed by atoms with Gasteiger partial charge in [0.2, 0.25) is 0 Å². The van der Waals surface area contributed by atoms with Gasteiger partial charge in [-0.3, -0.25) is 10.1 Å². The van der Waals surface area contributed by atoms with E-state index < -0.39 is 4.92 Å². The molecule has 0 aliphatic heterocycles. The fraction of sp³-hybridized carbons (Fsp3) is 0.133. The number of hydrogen-bond donors (Lipinski definition) is 1. The van der Waals surface area contributed by atoms with Gasteiger partial charge in [0.25, 0.3) is 5.69 Å². The van der Waals surface area contributed by atoms with E-state index in [-0.39, 0.29) is 11.3 Å². The van der Waals surface area contributed by atoms with Crippen LogP contribution in [-0.4, -0.2) is 12.0 Å². The molecule has 0 aliphatic carbocycles. The van der Waals surface area contributed by atoms with E-state index in [0.717, 1.165) is 11.3 Å². The van der Waals surface area contributed by atoms with Gasteiger partial charge in [0.05, 0.1) is 23.7 Å². The van der Waals surface area contributed by atoms with E-state index in [1.165, 1.54) is 12.1 Å². The molecule has 0 bridgehead atoms. The van der Waals surface area contributed by atoms with Gasteiger partial charge in [-0.25, -0.2) is 0 Å². The van der Waals surface area contributed by atoms with Crippen LogP contribution < -0.4 is 10.1 Å². The summed E-state index contributed by atoms with van der Waals surface area (Å²) in [5.74, 6) is 0.726. The predicted octanol–water partition coefficient (Wildman–Crippen LogP) is 3.09. The lowest BCUT2D eigenvalue weighted by Crippen LogP contribution is -2.03. The van der Waals surface area contributed by atoms with Crippen molar-refractivity contribution in [1.82, 2.24) is 0 Å². The summed E-state index contributed by atoms with van der Waals surface area (Å²) in [6.07, 6.45) is 0. The first-order chi connectivity index (χ1) is 10.1. The minimum atomic E-state index is -0.505. The fourth-order valence-corrected chi connectivity index (χ4v) is 1.88. The molecule has 0 aliphatic rings. The van der Waals surface area contributed by atoms with Gasteiger partial charge in [-0.15, -0.1) is 0 Å². The van der Waals surface area contributed by atoms with Crippen LogP contribution >= 0.6 is 0 Å². The number of anilines is 1. The highest BCUT2D eigenvalue weighted by Gasteiger charge is 2.14. The Kier molecular flexibility index (Phi) is 4.36. The molecule has 0 saturated heterocycles. The molecule has 0 atom stereocenters. The van der Waals surface area contributed by atoms with E-state index in [0.29, 0.717) is 12.2 Å². The van der Waals surface area contributed by atoms with Crippen LogP contribution in [0.3, 0.4) is 0 Å². The third-order valence-electron chi connectivity index (χ3n) is 2.94. The Hall–Kier alpha value is -3.07. The fourth-order valence-electron chi connectivity index (χ4n) is 1.88. The zero-order valence-corrected chi connectivity index (χ0v) is 11.4. The number of nitriles is 1. The number of nitro benzene ring substituents is 1. The van der Waals surface area contributed by atoms with E-state index >= 15 is 0 Å². The Labute approximate surface area is 121 Å². The maximum atomic E-state index is 11.0. The van der Waals surface area contributed by atoms with Gasteiger partial charge in [-0.1, -0.05) is 12.1 Å². The Balaban J connectivity index is 2.19. The number of nitrogens with zero attached hydrogens (tertiary/aromatic N) is 2. The summed E-state index contributed by atoms with van der Waals surface area (Å²) >= 11 is 0. The monoisotopic (exact) mass is 283 g/mol. The van der Waals surface area contributed by atoms with Gasteiger partial charge in [0.15, 0.2) is 0 Å². The van der Waals surface area contributed by atoms with Crippen LogP contribution in [0.5, 0.6) is 5.75 Å². The van der Waals surface area contributed by atoms with Crippen LogP contribution in [0.15, 0.2) is 42.5 Å². The number of rotatable bonds is 5. The summed E-state index contributed by atoms with van der Waals surface area (Å²) in [6, 6.07) is 13.6. The highest BCUT2D eigenvalue weighted by molar-refractivity contribution is 5.64. The van der Waals surface area contributed by atoms with E-state index in [1.807, 2.05) is 30.3 Å². The first kappa shape index (κ1) is 14.3. The van der Waals surface area contributed by atoms with Gasteiger partial charge in [-0.05, 0) is 29.8 Å². The Morgan fingerprint density at radius 1 is 1.33 bits per heavy atom. The summed E-state index contributed by atoms with van der Waals surface area (Å²) in [5, 5.41) is 22.8. The Bertz CT molecular complexity index is 708. The predicted molar refractivity (Wildman–Crippen MR) is 78.1 cm³/mol. The van der Waals surface area contributed by atoms with Crippen LogP contribution in [0.2, 0.25) is 0 Å². The number of hydrogen-bond acceptors (Lipinski definition) is 5. The maximum absolute atomic E-state index is 11.0. The van der Waals surface area contributed by atoms with E-state index in [1.54, 1.807) is 13.2 Å². The second-order valence-electron chi connectivity index (χ2n) is 4.31. The highest BCUT2D eigenvalue weighted by atomic mass is 16.6. The van der Waals surface area contributed by atoms with Crippen molar-refractivity contribution in [2.75, 3.05) is 12.4 Å². The maximum Gasteiger partial charge on any atom is 0.293 e. The summed E-state index contributed by atoms with van der Waals surface area (Å²) < 4.78 is 5.13. The first-order valence-electron chi connectivity index (χ1n) is 6.19. The van der Waals surface area contributed by atoms with E-state index in [9.17, 15) is 10.1 Å². The SMILES string of the molecule is COc1cccc(CNc2ccc(C#N)cc2[N+](=O)[O-])c1. The number of ether oxygens (including phenoxy) is 1. The third kappa shape index (κ3) is 3.48. The van der Waals surface area contributed by atoms with Crippen LogP contribution in [0.25, 0.3) is 0 Å². The summed E-state index contributed by atoms with van der Waals surface area (Å²) in [7, 11) is 1.58. The van der Waals surface area contributed by atoms with Crippen LogP contribution in [0, 0.1) is 21.4 Å². The molecule has 2 aromatic carbocycles. The van der Waals surface area contributed by atoms with Crippen molar-refractivity contribution in [3.05, 3.63) is 63.7 Å². The number of benzene rings is 2. The van der Waals surface area contributed by atoms with Crippen LogP contribution in [0.1, 0.15) is 11.1 Å². The molecule has 2 rings (SSSR count). The van der Waals surface area contributed by atoms with Gasteiger partial charge in [0.1, 0.15) is 11.4 Å². The molecule has 0 aromatic heterocycles. The molecule has 0 unspecified atom stereocenters. The molecular formula is C15H13N3O3. The lowest BCUT2D eigenvalue weighted by Gasteiger charge is -2.08. The van der Waals surface area contributed by atoms with Gasteiger partial charge in [-0.2, -0.15) is 5.26 Å². The molecule has 0 fully saturated rings. The molecule has 0 radical (unpaired) electrons. The van der Waals surface area contributed by atoms with Gasteiger partial charge >= 0.3 is 0 Å². The first-order valence-corrected chi connectivity index (χ1v) is 6.19. The van der Waals surface area contributed by atoms with Crippen molar-refractivity contribution in [3.63, 3.8) is 0 Å². The minimum Gasteiger partial charge on any atom is -0.497 e. The summed E-state index contributed by atoms with van der Waals surface area (Å²) in [5.41, 5.74) is 1.46. The summed E-state index contributed by atoms with van der Waals surface area (Å²) in [6.45, 7) is 0.421. The average Bonchev–Trinajstić information content (AvgIpc) is 2.52. The zero-order valence-electron chi connectivity index (χ0n) is 11.4. The molecule has 1 N–H and O–H groups in total. The number of methoxy groups -OCH3 is 1. The second-order valence-corrected chi connectivity index (χ2v) is 4.31. The molecule has 0 heterocycles. The quantitative estimate of drug-likeness (QED) is 0.673. The highest BCUT2D eigenvalue weighted by Crippen LogP contribution is 2.26. The van der Waals surface area contributed by atoms with Crippen molar-refractivity contribution in [3.8, 4) is 11.8 Å². The normalized spacial score (nSPS) is 9.71. The number of nitro groups is 1. The molecule has 6 nitrogen and oxygen atoms in total. The average molecular weight is 283 g/mol. The Morgan fingerprint density at radius 3 is 2.81 bits per heavy atom. The zero-order chi connectivity index (χ0) is 15.2. The van der Waals surface area contributed by atoms with Crippen LogP contribution in [0.4, 0.5) is 11.4 Å². The van der Waals surface area contributed by atoms with Gasteiger partial charge in [0, 0.05) is 12.6 Å². The number of nitrogens with one attached hydrogen (secondary N) is 1. The molecule has 21 heavy (non-hydrogen) atoms. The minimum absolute atomic E-state index is 0.114. The van der Waals surface area contributed by atoms with Crippen LogP contribution in [-0.2, 0) is 6.54 Å². The van der Waals surface area contributed by atoms with E-state index in [2.05, 4.69) is 5.32 Å². The third-order valence-corrected chi connectivity index (χ3v) is 2.94. The molecule has 0 amide bonds. The lowest BCUT2D eigenvalue weighted by molar-refractivity contribution is -0.384. The Morgan fingerprint density at radius 2 is 2.14 bits per heavy atom. The lowest BCUT2D eigenvalue weighted by atomic mass is 10.1. The van der Waals surface area contributed by atoms with E-state index in [4.69, 9.17) is 10.00 Å². The molecule has 0 saturated carbocycles. The van der Waals surface area contributed by atoms with Crippen molar-refractivity contribution in [1.29, 1.82) is 5.26 Å². The largest absolute Gasteiger partial charge is 0.497 e. The molecule has 0 spiro atoms. The topological polar surface area (TPSA) is 88.2 Å².